The zero-order chi connectivity index (χ0) is 16.9. The maximum Gasteiger partial charge on any atom is 0.415 e. The van der Waals surface area contributed by atoms with Crippen LogP contribution in [0, 0.1) is 6.92 Å². The Morgan fingerprint density at radius 1 is 1.21 bits per heavy atom. The van der Waals surface area contributed by atoms with Crippen molar-refractivity contribution < 1.29 is 14.6 Å². The van der Waals surface area contributed by atoms with Gasteiger partial charge in [-0.3, -0.25) is 4.98 Å². The number of pyridine rings is 1. The Labute approximate surface area is 141 Å². The Kier molecular flexibility index (Phi) is 5.11. The lowest BCUT2D eigenvalue weighted by molar-refractivity contribution is 0.0798. The van der Waals surface area contributed by atoms with Crippen molar-refractivity contribution in [2.75, 3.05) is 13.1 Å². The van der Waals surface area contributed by atoms with E-state index in [-0.39, 0.29) is 12.2 Å². The van der Waals surface area contributed by atoms with Gasteiger partial charge in [-0.05, 0) is 49.1 Å². The number of benzene rings is 1. The second kappa shape index (κ2) is 7.45. The van der Waals surface area contributed by atoms with Gasteiger partial charge >= 0.3 is 6.09 Å². The van der Waals surface area contributed by atoms with Gasteiger partial charge in [0.1, 0.15) is 5.75 Å². The van der Waals surface area contributed by atoms with Gasteiger partial charge in [0.15, 0.2) is 0 Å². The molecule has 24 heavy (non-hydrogen) atoms. The third kappa shape index (κ3) is 4.32. The van der Waals surface area contributed by atoms with E-state index in [1.807, 2.05) is 37.4 Å². The molecule has 126 valence electrons. The minimum absolute atomic E-state index is 0.302. The number of amides is 1. The van der Waals surface area contributed by atoms with Crippen LogP contribution in [-0.2, 0) is 6.42 Å². The van der Waals surface area contributed by atoms with E-state index in [1.165, 1.54) is 0 Å². The number of rotatable bonds is 3. The predicted octanol–water partition coefficient (Wildman–Crippen LogP) is 2.94. The summed E-state index contributed by atoms with van der Waals surface area (Å²) in [6.45, 7) is 3.09. The Morgan fingerprint density at radius 2 is 1.92 bits per heavy atom. The zero-order valence-electron chi connectivity index (χ0n) is 13.8. The molecule has 1 fully saturated rings. The third-order valence-corrected chi connectivity index (χ3v) is 4.21. The van der Waals surface area contributed by atoms with Crippen LogP contribution >= 0.6 is 0 Å². The maximum atomic E-state index is 12.1. The average molecular weight is 326 g/mol. The van der Waals surface area contributed by atoms with Gasteiger partial charge in [-0.25, -0.2) is 4.79 Å². The van der Waals surface area contributed by atoms with Gasteiger partial charge in [-0.15, -0.1) is 0 Å². The second-order valence-electron chi connectivity index (χ2n) is 6.23. The zero-order valence-corrected chi connectivity index (χ0v) is 13.8. The van der Waals surface area contributed by atoms with Crippen molar-refractivity contribution in [3.05, 3.63) is 59.4 Å². The van der Waals surface area contributed by atoms with E-state index >= 15 is 0 Å². The molecule has 0 atom stereocenters. The molecule has 2 heterocycles. The highest BCUT2D eigenvalue weighted by Crippen LogP contribution is 2.17. The highest BCUT2D eigenvalue weighted by molar-refractivity contribution is 5.70. The van der Waals surface area contributed by atoms with Crippen molar-refractivity contribution in [3.8, 4) is 5.75 Å². The van der Waals surface area contributed by atoms with Crippen molar-refractivity contribution in [1.29, 1.82) is 0 Å². The summed E-state index contributed by atoms with van der Waals surface area (Å²) in [4.78, 5) is 18.1. The van der Waals surface area contributed by atoms with Crippen LogP contribution in [0.3, 0.4) is 0 Å². The normalized spacial score (nSPS) is 15.3. The number of likely N-dealkylation sites (tertiary alicyclic amines) is 1. The van der Waals surface area contributed by atoms with Gasteiger partial charge in [0.2, 0.25) is 0 Å². The second-order valence-corrected chi connectivity index (χ2v) is 6.23. The fourth-order valence-corrected chi connectivity index (χ4v) is 2.70. The minimum atomic E-state index is -0.352. The number of aryl methyl sites for hydroxylation is 1. The topological polar surface area (TPSA) is 62.7 Å². The summed E-state index contributed by atoms with van der Waals surface area (Å²) in [6, 6.07) is 11.6. The van der Waals surface area contributed by atoms with Crippen LogP contribution in [0.25, 0.3) is 0 Å². The Balaban J connectivity index is 1.56. The molecule has 1 aliphatic rings. The van der Waals surface area contributed by atoms with Crippen LogP contribution in [0.2, 0.25) is 0 Å². The smallest absolute Gasteiger partial charge is 0.410 e. The summed E-state index contributed by atoms with van der Waals surface area (Å²) in [5.41, 5.74) is 3.27. The highest BCUT2D eigenvalue weighted by Gasteiger charge is 2.22. The van der Waals surface area contributed by atoms with Crippen LogP contribution < -0.4 is 4.74 Å². The lowest BCUT2D eigenvalue weighted by Crippen LogP contribution is -2.41. The van der Waals surface area contributed by atoms with E-state index in [0.717, 1.165) is 23.2 Å². The van der Waals surface area contributed by atoms with Crippen molar-refractivity contribution in [1.82, 2.24) is 9.88 Å². The van der Waals surface area contributed by atoms with Crippen molar-refractivity contribution >= 4 is 6.09 Å². The minimum Gasteiger partial charge on any atom is -0.410 e. The van der Waals surface area contributed by atoms with Crippen LogP contribution in [-0.4, -0.2) is 40.3 Å². The van der Waals surface area contributed by atoms with Gasteiger partial charge in [0.05, 0.1) is 6.10 Å². The standard InChI is InChI=1S/C19H22N2O3/c1-14-2-5-16(20-13-14)12-15-3-6-18(7-4-15)24-19(23)21-10-8-17(22)9-11-21/h2-7,13,17,22H,8-12H2,1H3. The molecule has 0 unspecified atom stereocenters. The average Bonchev–Trinajstić information content (AvgIpc) is 2.59. The van der Waals surface area contributed by atoms with Crippen molar-refractivity contribution in [3.63, 3.8) is 0 Å². The van der Waals surface area contributed by atoms with Crippen LogP contribution in [0.4, 0.5) is 4.79 Å². The van der Waals surface area contributed by atoms with Gasteiger partial charge in [-0.1, -0.05) is 18.2 Å². The summed E-state index contributed by atoms with van der Waals surface area (Å²) in [5, 5.41) is 9.48. The summed E-state index contributed by atoms with van der Waals surface area (Å²) < 4.78 is 5.40. The molecule has 0 spiro atoms. The first-order valence-corrected chi connectivity index (χ1v) is 8.25. The number of piperidine rings is 1. The predicted molar refractivity (Wildman–Crippen MR) is 91.1 cm³/mol. The SMILES string of the molecule is Cc1ccc(Cc2ccc(OC(=O)N3CCC(O)CC3)cc2)nc1. The molecule has 1 N–H and O–H groups in total. The van der Waals surface area contributed by atoms with Crippen LogP contribution in [0.5, 0.6) is 5.75 Å². The van der Waals surface area contributed by atoms with Crippen molar-refractivity contribution in [2.45, 2.75) is 32.3 Å². The number of aliphatic hydroxyl groups excluding tert-OH is 1. The molecule has 0 radical (unpaired) electrons. The summed E-state index contributed by atoms with van der Waals surface area (Å²) in [5.74, 6) is 0.534. The maximum absolute atomic E-state index is 12.1. The van der Waals surface area contributed by atoms with E-state index < -0.39 is 0 Å². The molecule has 5 nitrogen and oxygen atoms in total. The van der Waals surface area contributed by atoms with Gasteiger partial charge in [-0.2, -0.15) is 0 Å². The third-order valence-electron chi connectivity index (χ3n) is 4.21. The van der Waals surface area contributed by atoms with Crippen molar-refractivity contribution in [2.24, 2.45) is 0 Å². The summed E-state index contributed by atoms with van der Waals surface area (Å²) in [6.07, 6.45) is 3.17. The molecule has 0 aliphatic carbocycles. The number of aromatic nitrogens is 1. The molecule has 0 saturated carbocycles. The Hall–Kier alpha value is -2.40. The number of ether oxygens (including phenoxy) is 1. The first-order chi connectivity index (χ1) is 11.6. The van der Waals surface area contributed by atoms with E-state index in [2.05, 4.69) is 4.98 Å². The Morgan fingerprint density at radius 3 is 2.54 bits per heavy atom. The molecule has 1 aromatic heterocycles. The van der Waals surface area contributed by atoms with Gasteiger partial charge in [0, 0.05) is 31.4 Å². The first-order valence-electron chi connectivity index (χ1n) is 8.25. The van der Waals surface area contributed by atoms with E-state index in [4.69, 9.17) is 4.74 Å². The van der Waals surface area contributed by atoms with E-state index in [9.17, 15) is 9.90 Å². The number of carbonyl (C=O) groups is 1. The number of aliphatic hydroxyl groups is 1. The summed E-state index contributed by atoms with van der Waals surface area (Å²) >= 11 is 0. The first kappa shape index (κ1) is 16.5. The lowest BCUT2D eigenvalue weighted by Gasteiger charge is -2.28. The Bertz CT molecular complexity index is 675. The molecule has 0 bridgehead atoms. The number of hydrogen-bond acceptors (Lipinski definition) is 4. The van der Waals surface area contributed by atoms with E-state index in [0.29, 0.717) is 31.7 Å². The monoisotopic (exact) mass is 326 g/mol. The summed E-state index contributed by atoms with van der Waals surface area (Å²) in [7, 11) is 0. The van der Waals surface area contributed by atoms with Crippen LogP contribution in [0.15, 0.2) is 42.6 Å². The fraction of sp³-hybridized carbons (Fsp3) is 0.368. The van der Waals surface area contributed by atoms with Gasteiger partial charge < -0.3 is 14.7 Å². The molecular formula is C19H22N2O3. The molecule has 1 amide bonds. The molecular weight excluding hydrogens is 304 g/mol. The molecule has 5 heteroatoms. The van der Waals surface area contributed by atoms with Gasteiger partial charge in [0.25, 0.3) is 0 Å². The quantitative estimate of drug-likeness (QED) is 0.942. The number of hydrogen-bond donors (Lipinski definition) is 1. The largest absolute Gasteiger partial charge is 0.415 e. The van der Waals surface area contributed by atoms with Crippen LogP contribution in [0.1, 0.15) is 29.7 Å². The molecule has 1 saturated heterocycles. The van der Waals surface area contributed by atoms with E-state index in [1.54, 1.807) is 17.0 Å². The number of carbonyl (C=O) groups excluding carboxylic acids is 1. The molecule has 1 aromatic carbocycles. The molecule has 1 aliphatic heterocycles. The molecule has 2 aromatic rings. The number of nitrogens with zero attached hydrogens (tertiary/aromatic N) is 2. The molecule has 3 rings (SSSR count). The fourth-order valence-electron chi connectivity index (χ4n) is 2.70. The lowest BCUT2D eigenvalue weighted by atomic mass is 10.1. The highest BCUT2D eigenvalue weighted by atomic mass is 16.6.